The van der Waals surface area contributed by atoms with Crippen molar-refractivity contribution in [3.05, 3.63) is 47.3 Å². The molecule has 0 unspecified atom stereocenters. The molecule has 1 aromatic carbocycles. The zero-order valence-electron chi connectivity index (χ0n) is 13.5. The molecule has 0 atom stereocenters. The molecule has 0 bridgehead atoms. The van der Waals surface area contributed by atoms with Crippen molar-refractivity contribution in [3.8, 4) is 0 Å². The van der Waals surface area contributed by atoms with E-state index in [1.165, 1.54) is 25.0 Å². The van der Waals surface area contributed by atoms with Crippen LogP contribution >= 0.6 is 0 Å². The SMILES string of the molecule is Cc1cc(C(=O)Nc2ccc(S(C)(=O)=O)cc2)c(C)n1C1CC1. The number of sulfone groups is 1. The Morgan fingerprint density at radius 1 is 1.17 bits per heavy atom. The van der Waals surface area contributed by atoms with E-state index in [-0.39, 0.29) is 10.8 Å². The topological polar surface area (TPSA) is 68.2 Å². The Bertz CT molecular complexity index is 860. The van der Waals surface area contributed by atoms with Crippen LogP contribution in [0.25, 0.3) is 0 Å². The molecule has 0 saturated heterocycles. The summed E-state index contributed by atoms with van der Waals surface area (Å²) in [7, 11) is -3.23. The average molecular weight is 332 g/mol. The number of amides is 1. The van der Waals surface area contributed by atoms with E-state index in [0.717, 1.165) is 17.6 Å². The normalized spacial score (nSPS) is 14.7. The van der Waals surface area contributed by atoms with Crippen LogP contribution in [-0.4, -0.2) is 25.1 Å². The number of hydrogen-bond donors (Lipinski definition) is 1. The zero-order chi connectivity index (χ0) is 16.8. The highest BCUT2D eigenvalue weighted by molar-refractivity contribution is 7.90. The molecule has 23 heavy (non-hydrogen) atoms. The van der Waals surface area contributed by atoms with Crippen LogP contribution < -0.4 is 5.32 Å². The first-order valence-corrected chi connectivity index (χ1v) is 9.46. The maximum atomic E-state index is 12.5. The summed E-state index contributed by atoms with van der Waals surface area (Å²) in [5, 5.41) is 2.83. The Morgan fingerprint density at radius 3 is 2.30 bits per heavy atom. The number of rotatable bonds is 4. The second kappa shape index (κ2) is 5.53. The number of hydrogen-bond acceptors (Lipinski definition) is 3. The lowest BCUT2D eigenvalue weighted by Gasteiger charge is -2.08. The van der Waals surface area contributed by atoms with Crippen LogP contribution in [0.1, 0.15) is 40.6 Å². The van der Waals surface area contributed by atoms with Crippen molar-refractivity contribution < 1.29 is 13.2 Å². The van der Waals surface area contributed by atoms with Crippen molar-refractivity contribution >= 4 is 21.4 Å². The minimum Gasteiger partial charge on any atom is -0.345 e. The molecule has 1 heterocycles. The summed E-state index contributed by atoms with van der Waals surface area (Å²) in [5.41, 5.74) is 3.33. The van der Waals surface area contributed by atoms with Crippen LogP contribution in [0.15, 0.2) is 35.2 Å². The van der Waals surface area contributed by atoms with E-state index in [2.05, 4.69) is 9.88 Å². The number of nitrogens with one attached hydrogen (secondary N) is 1. The first-order valence-electron chi connectivity index (χ1n) is 7.57. The number of nitrogens with zero attached hydrogens (tertiary/aromatic N) is 1. The molecule has 1 saturated carbocycles. The molecule has 1 aromatic heterocycles. The van der Waals surface area contributed by atoms with Crippen molar-refractivity contribution in [2.24, 2.45) is 0 Å². The van der Waals surface area contributed by atoms with Gasteiger partial charge in [-0.25, -0.2) is 8.42 Å². The summed E-state index contributed by atoms with van der Waals surface area (Å²) in [6, 6.07) is 8.65. The van der Waals surface area contributed by atoms with Gasteiger partial charge in [-0.3, -0.25) is 4.79 Å². The highest BCUT2D eigenvalue weighted by Crippen LogP contribution is 2.38. The summed E-state index contributed by atoms with van der Waals surface area (Å²) >= 11 is 0. The summed E-state index contributed by atoms with van der Waals surface area (Å²) in [6.07, 6.45) is 3.50. The summed E-state index contributed by atoms with van der Waals surface area (Å²) in [4.78, 5) is 12.7. The van der Waals surface area contributed by atoms with Crippen LogP contribution in [0.3, 0.4) is 0 Å². The molecular formula is C17H20N2O3S. The lowest BCUT2D eigenvalue weighted by Crippen LogP contribution is -2.13. The largest absolute Gasteiger partial charge is 0.345 e. The van der Waals surface area contributed by atoms with E-state index < -0.39 is 9.84 Å². The third-order valence-corrected chi connectivity index (χ3v) is 5.31. The van der Waals surface area contributed by atoms with Gasteiger partial charge in [0.05, 0.1) is 10.5 Å². The molecule has 1 fully saturated rings. The van der Waals surface area contributed by atoms with E-state index >= 15 is 0 Å². The molecule has 0 aliphatic heterocycles. The lowest BCUT2D eigenvalue weighted by molar-refractivity contribution is 0.102. The van der Waals surface area contributed by atoms with E-state index in [1.807, 2.05) is 19.9 Å². The fraction of sp³-hybridized carbons (Fsp3) is 0.353. The zero-order valence-corrected chi connectivity index (χ0v) is 14.3. The van der Waals surface area contributed by atoms with Crippen molar-refractivity contribution in [3.63, 3.8) is 0 Å². The number of anilines is 1. The van der Waals surface area contributed by atoms with Gasteiger partial charge in [-0.15, -0.1) is 0 Å². The molecular weight excluding hydrogens is 312 g/mol. The van der Waals surface area contributed by atoms with Gasteiger partial charge in [0.2, 0.25) is 0 Å². The lowest BCUT2D eigenvalue weighted by atomic mass is 10.2. The fourth-order valence-corrected chi connectivity index (χ4v) is 3.52. The number of carbonyl (C=O) groups is 1. The van der Waals surface area contributed by atoms with Crippen molar-refractivity contribution in [2.45, 2.75) is 37.6 Å². The van der Waals surface area contributed by atoms with Gasteiger partial charge < -0.3 is 9.88 Å². The Balaban J connectivity index is 1.81. The molecule has 0 spiro atoms. The van der Waals surface area contributed by atoms with E-state index in [0.29, 0.717) is 17.3 Å². The summed E-state index contributed by atoms with van der Waals surface area (Å²) in [5.74, 6) is -0.169. The summed E-state index contributed by atoms with van der Waals surface area (Å²) < 4.78 is 25.1. The highest BCUT2D eigenvalue weighted by atomic mass is 32.2. The standard InChI is InChI=1S/C17H20N2O3S/c1-11-10-16(12(2)19(11)14-6-7-14)17(20)18-13-4-8-15(9-5-13)23(3,21)22/h4-5,8-10,14H,6-7H2,1-3H3,(H,18,20). The van der Waals surface area contributed by atoms with E-state index in [9.17, 15) is 13.2 Å². The van der Waals surface area contributed by atoms with E-state index in [4.69, 9.17) is 0 Å². The molecule has 1 N–H and O–H groups in total. The summed E-state index contributed by atoms with van der Waals surface area (Å²) in [6.45, 7) is 3.98. The fourth-order valence-electron chi connectivity index (χ4n) is 2.89. The Morgan fingerprint density at radius 2 is 1.78 bits per heavy atom. The van der Waals surface area contributed by atoms with Gasteiger partial charge in [0.25, 0.3) is 5.91 Å². The number of carbonyl (C=O) groups excluding carboxylic acids is 1. The highest BCUT2D eigenvalue weighted by Gasteiger charge is 2.28. The first kappa shape index (κ1) is 15.8. The number of benzene rings is 1. The predicted molar refractivity (Wildman–Crippen MR) is 89.7 cm³/mol. The van der Waals surface area contributed by atoms with Crippen LogP contribution in [0.5, 0.6) is 0 Å². The number of aryl methyl sites for hydroxylation is 1. The quantitative estimate of drug-likeness (QED) is 0.935. The van der Waals surface area contributed by atoms with Gasteiger partial charge in [-0.1, -0.05) is 0 Å². The minimum atomic E-state index is -3.23. The van der Waals surface area contributed by atoms with Gasteiger partial charge in [0, 0.05) is 29.4 Å². The molecule has 3 rings (SSSR count). The Hall–Kier alpha value is -2.08. The smallest absolute Gasteiger partial charge is 0.257 e. The molecule has 122 valence electrons. The van der Waals surface area contributed by atoms with E-state index in [1.54, 1.807) is 12.1 Å². The van der Waals surface area contributed by atoms with Gasteiger partial charge in [0.1, 0.15) is 0 Å². The third-order valence-electron chi connectivity index (χ3n) is 4.18. The average Bonchev–Trinajstić information content (AvgIpc) is 3.24. The van der Waals surface area contributed by atoms with Gasteiger partial charge in [0.15, 0.2) is 9.84 Å². The first-order chi connectivity index (χ1) is 10.8. The minimum absolute atomic E-state index is 0.169. The predicted octanol–water partition coefficient (Wildman–Crippen LogP) is 3.10. The van der Waals surface area contributed by atoms with Crippen molar-refractivity contribution in [2.75, 3.05) is 11.6 Å². The molecule has 1 aliphatic carbocycles. The van der Waals surface area contributed by atoms with Crippen LogP contribution in [-0.2, 0) is 9.84 Å². The molecule has 2 aromatic rings. The molecule has 6 heteroatoms. The van der Waals surface area contributed by atoms with Crippen LogP contribution in [0.4, 0.5) is 5.69 Å². The Labute approximate surface area is 136 Å². The maximum absolute atomic E-state index is 12.5. The molecule has 5 nitrogen and oxygen atoms in total. The maximum Gasteiger partial charge on any atom is 0.257 e. The molecule has 1 aliphatic rings. The van der Waals surface area contributed by atoms with Gasteiger partial charge in [-0.2, -0.15) is 0 Å². The number of aromatic nitrogens is 1. The van der Waals surface area contributed by atoms with Gasteiger partial charge >= 0.3 is 0 Å². The van der Waals surface area contributed by atoms with Crippen LogP contribution in [0, 0.1) is 13.8 Å². The van der Waals surface area contributed by atoms with Crippen molar-refractivity contribution in [1.82, 2.24) is 4.57 Å². The second-order valence-electron chi connectivity index (χ2n) is 6.14. The third kappa shape index (κ3) is 3.17. The Kier molecular flexibility index (Phi) is 3.80. The molecule has 0 radical (unpaired) electrons. The molecule has 1 amide bonds. The van der Waals surface area contributed by atoms with Gasteiger partial charge in [-0.05, 0) is 57.0 Å². The monoisotopic (exact) mass is 332 g/mol. The second-order valence-corrected chi connectivity index (χ2v) is 8.15. The van der Waals surface area contributed by atoms with Crippen molar-refractivity contribution in [1.29, 1.82) is 0 Å². The van der Waals surface area contributed by atoms with Crippen LogP contribution in [0.2, 0.25) is 0 Å².